The lowest BCUT2D eigenvalue weighted by molar-refractivity contribution is 0.477. The number of phenolic OH excluding ortho intramolecular Hbond substituents is 1. The second-order valence-electron chi connectivity index (χ2n) is 3.63. The lowest BCUT2D eigenvalue weighted by Gasteiger charge is -2.02. The number of imidazole rings is 1. The van der Waals surface area contributed by atoms with Crippen LogP contribution in [-0.2, 0) is 6.42 Å². The maximum absolute atomic E-state index is 9.71. The highest BCUT2D eigenvalue weighted by Gasteiger charge is 2.07. The molecule has 1 aromatic carbocycles. The summed E-state index contributed by atoms with van der Waals surface area (Å²) in [5.41, 5.74) is 2.94. The smallest absolute Gasteiger partial charge is 0.141 e. The van der Waals surface area contributed by atoms with E-state index in [9.17, 15) is 5.11 Å². The Labute approximate surface area is 88.8 Å². The molecule has 2 aromatic rings. The van der Waals surface area contributed by atoms with E-state index >= 15 is 0 Å². The minimum atomic E-state index is 0.262. The van der Waals surface area contributed by atoms with Crippen LogP contribution in [0.2, 0.25) is 0 Å². The molecule has 0 fully saturated rings. The summed E-state index contributed by atoms with van der Waals surface area (Å²) in [4.78, 5) is 7.42. The van der Waals surface area contributed by atoms with Gasteiger partial charge in [-0.2, -0.15) is 0 Å². The molecule has 2 rings (SSSR count). The largest absolute Gasteiger partial charge is 0.507 e. The van der Waals surface area contributed by atoms with Gasteiger partial charge in [0.15, 0.2) is 0 Å². The number of H-pyrrole nitrogens is 1. The molecule has 0 bridgehead atoms. The number of aromatic nitrogens is 2. The van der Waals surface area contributed by atoms with Crippen LogP contribution in [0, 0.1) is 6.92 Å². The number of benzene rings is 1. The van der Waals surface area contributed by atoms with Gasteiger partial charge in [-0.25, -0.2) is 4.98 Å². The highest BCUT2D eigenvalue weighted by atomic mass is 16.3. The van der Waals surface area contributed by atoms with Gasteiger partial charge in [0.1, 0.15) is 11.6 Å². The van der Waals surface area contributed by atoms with Crippen LogP contribution in [0.4, 0.5) is 0 Å². The van der Waals surface area contributed by atoms with E-state index in [0.29, 0.717) is 0 Å². The molecule has 1 heterocycles. The van der Waals surface area contributed by atoms with Crippen LogP contribution in [-0.4, -0.2) is 15.1 Å². The molecule has 78 valence electrons. The summed E-state index contributed by atoms with van der Waals surface area (Å²) in [6, 6.07) is 5.49. The van der Waals surface area contributed by atoms with Gasteiger partial charge in [0.05, 0.1) is 5.56 Å². The van der Waals surface area contributed by atoms with Gasteiger partial charge >= 0.3 is 0 Å². The first-order chi connectivity index (χ1) is 7.20. The summed E-state index contributed by atoms with van der Waals surface area (Å²) < 4.78 is 0. The van der Waals surface area contributed by atoms with Crippen LogP contribution >= 0.6 is 0 Å². The summed E-state index contributed by atoms with van der Waals surface area (Å²) in [5, 5.41) is 9.71. The zero-order chi connectivity index (χ0) is 10.8. The Hall–Kier alpha value is -1.77. The van der Waals surface area contributed by atoms with E-state index in [-0.39, 0.29) is 5.75 Å². The molecule has 0 aliphatic carbocycles. The van der Waals surface area contributed by atoms with Gasteiger partial charge in [-0.1, -0.05) is 18.6 Å². The Balaban J connectivity index is 2.48. The van der Waals surface area contributed by atoms with Gasteiger partial charge < -0.3 is 10.1 Å². The van der Waals surface area contributed by atoms with Crippen molar-refractivity contribution in [3.63, 3.8) is 0 Å². The normalized spacial score (nSPS) is 10.5. The topological polar surface area (TPSA) is 48.9 Å². The van der Waals surface area contributed by atoms with Gasteiger partial charge in [-0.15, -0.1) is 0 Å². The Morgan fingerprint density at radius 1 is 1.40 bits per heavy atom. The summed E-state index contributed by atoms with van der Waals surface area (Å²) in [5.74, 6) is 0.991. The molecular weight excluding hydrogens is 188 g/mol. The Morgan fingerprint density at radius 3 is 2.87 bits per heavy atom. The molecule has 1 aromatic heterocycles. The van der Waals surface area contributed by atoms with E-state index in [2.05, 4.69) is 16.9 Å². The van der Waals surface area contributed by atoms with Gasteiger partial charge in [-0.05, 0) is 25.5 Å². The molecule has 0 atom stereocenters. The molecule has 3 heteroatoms. The molecule has 0 saturated heterocycles. The molecule has 0 aliphatic heterocycles. The highest BCUT2D eigenvalue weighted by Crippen LogP contribution is 2.27. The standard InChI is InChI=1S/C12H14N2O/c1-3-9-7-13-12(14-9)10-6-8(2)4-5-11(10)15/h4-7,15H,3H2,1-2H3,(H,13,14). The van der Waals surface area contributed by atoms with Crippen molar-refractivity contribution < 1.29 is 5.11 Å². The lowest BCUT2D eigenvalue weighted by Crippen LogP contribution is -1.84. The number of aromatic amines is 1. The minimum Gasteiger partial charge on any atom is -0.507 e. The van der Waals surface area contributed by atoms with Gasteiger partial charge in [-0.3, -0.25) is 0 Å². The van der Waals surface area contributed by atoms with E-state index < -0.39 is 0 Å². The van der Waals surface area contributed by atoms with Crippen molar-refractivity contribution in [1.82, 2.24) is 9.97 Å². The van der Waals surface area contributed by atoms with Crippen molar-refractivity contribution in [2.24, 2.45) is 0 Å². The molecule has 0 unspecified atom stereocenters. The fourth-order valence-electron chi connectivity index (χ4n) is 1.52. The predicted molar refractivity (Wildman–Crippen MR) is 59.8 cm³/mol. The number of rotatable bonds is 2. The average molecular weight is 202 g/mol. The predicted octanol–water partition coefficient (Wildman–Crippen LogP) is 2.65. The van der Waals surface area contributed by atoms with E-state index in [1.54, 1.807) is 12.3 Å². The minimum absolute atomic E-state index is 0.262. The molecule has 15 heavy (non-hydrogen) atoms. The monoisotopic (exact) mass is 202 g/mol. The highest BCUT2D eigenvalue weighted by molar-refractivity contribution is 5.64. The van der Waals surface area contributed by atoms with Gasteiger partial charge in [0.25, 0.3) is 0 Å². The molecular formula is C12H14N2O. The first-order valence-corrected chi connectivity index (χ1v) is 5.04. The SMILES string of the molecule is CCc1cnc(-c2cc(C)ccc2O)[nH]1. The third-order valence-electron chi connectivity index (χ3n) is 2.42. The fraction of sp³-hybridized carbons (Fsp3) is 0.250. The number of nitrogens with one attached hydrogen (secondary N) is 1. The molecule has 0 spiro atoms. The molecule has 0 radical (unpaired) electrons. The Morgan fingerprint density at radius 2 is 2.20 bits per heavy atom. The zero-order valence-corrected chi connectivity index (χ0v) is 8.91. The molecule has 0 saturated carbocycles. The van der Waals surface area contributed by atoms with Crippen molar-refractivity contribution in [1.29, 1.82) is 0 Å². The van der Waals surface area contributed by atoms with E-state index in [0.717, 1.165) is 29.1 Å². The maximum atomic E-state index is 9.71. The van der Waals surface area contributed by atoms with Gasteiger partial charge in [0.2, 0.25) is 0 Å². The van der Waals surface area contributed by atoms with E-state index in [1.165, 1.54) is 0 Å². The van der Waals surface area contributed by atoms with Crippen LogP contribution < -0.4 is 0 Å². The van der Waals surface area contributed by atoms with Crippen molar-refractivity contribution in [3.8, 4) is 17.1 Å². The first-order valence-electron chi connectivity index (χ1n) is 5.04. The summed E-state index contributed by atoms with van der Waals surface area (Å²) in [7, 11) is 0. The van der Waals surface area contributed by atoms with Crippen LogP contribution in [0.5, 0.6) is 5.75 Å². The second-order valence-corrected chi connectivity index (χ2v) is 3.63. The third-order valence-corrected chi connectivity index (χ3v) is 2.42. The number of phenols is 1. The summed E-state index contributed by atoms with van der Waals surface area (Å²) in [6.07, 6.45) is 2.72. The van der Waals surface area contributed by atoms with E-state index in [1.807, 2.05) is 19.1 Å². The molecule has 0 amide bonds. The average Bonchev–Trinajstić information content (AvgIpc) is 2.70. The number of hydrogen-bond acceptors (Lipinski definition) is 2. The number of nitrogens with zero attached hydrogens (tertiary/aromatic N) is 1. The number of aromatic hydroxyl groups is 1. The zero-order valence-electron chi connectivity index (χ0n) is 8.91. The van der Waals surface area contributed by atoms with Crippen molar-refractivity contribution in [2.45, 2.75) is 20.3 Å². The van der Waals surface area contributed by atoms with Crippen molar-refractivity contribution >= 4 is 0 Å². The quantitative estimate of drug-likeness (QED) is 0.786. The second kappa shape index (κ2) is 3.77. The third kappa shape index (κ3) is 1.86. The van der Waals surface area contributed by atoms with Gasteiger partial charge in [0, 0.05) is 11.9 Å². The fourth-order valence-corrected chi connectivity index (χ4v) is 1.52. The Bertz CT molecular complexity index is 474. The number of aryl methyl sites for hydroxylation is 2. The van der Waals surface area contributed by atoms with Crippen LogP contribution in [0.25, 0.3) is 11.4 Å². The van der Waals surface area contributed by atoms with E-state index in [4.69, 9.17) is 0 Å². The lowest BCUT2D eigenvalue weighted by atomic mass is 10.1. The first kappa shape index (κ1) is 9.77. The van der Waals surface area contributed by atoms with Crippen molar-refractivity contribution in [3.05, 3.63) is 35.7 Å². The van der Waals surface area contributed by atoms with Crippen LogP contribution in [0.3, 0.4) is 0 Å². The van der Waals surface area contributed by atoms with Crippen molar-refractivity contribution in [2.75, 3.05) is 0 Å². The number of hydrogen-bond donors (Lipinski definition) is 2. The Kier molecular flexibility index (Phi) is 2.46. The molecule has 2 N–H and O–H groups in total. The molecule has 3 nitrogen and oxygen atoms in total. The van der Waals surface area contributed by atoms with Crippen LogP contribution in [0.1, 0.15) is 18.2 Å². The van der Waals surface area contributed by atoms with Crippen LogP contribution in [0.15, 0.2) is 24.4 Å². The summed E-state index contributed by atoms with van der Waals surface area (Å²) in [6.45, 7) is 4.06. The summed E-state index contributed by atoms with van der Waals surface area (Å²) >= 11 is 0. The molecule has 0 aliphatic rings. The maximum Gasteiger partial charge on any atom is 0.141 e.